The zero-order valence-electron chi connectivity index (χ0n) is 3.04. The Bertz CT molecular complexity index is 58.4. The van der Waals surface area contributed by atoms with Gasteiger partial charge in [0.25, 0.3) is 0 Å². The van der Waals surface area contributed by atoms with Crippen molar-refractivity contribution >= 4 is 11.6 Å². The molecule has 0 spiro atoms. The predicted molar refractivity (Wildman–Crippen MR) is 17.9 cm³/mol. The lowest BCUT2D eigenvalue weighted by Gasteiger charge is -2.05. The van der Waals surface area contributed by atoms with Gasteiger partial charge in [-0.3, -0.25) is 0 Å². The van der Waals surface area contributed by atoms with E-state index < -0.39 is 11.7 Å². The van der Waals surface area contributed by atoms with E-state index in [1.807, 2.05) is 0 Å². The van der Waals surface area contributed by atoms with Crippen LogP contribution < -0.4 is 0 Å². The van der Waals surface area contributed by atoms with E-state index in [0.717, 1.165) is 0 Å². The maximum absolute atomic E-state index is 11.1. The van der Waals surface area contributed by atoms with Gasteiger partial charge in [0, 0.05) is 0 Å². The summed E-state index contributed by atoms with van der Waals surface area (Å²) in [7, 11) is 0. The molecule has 0 aliphatic heterocycles. The van der Waals surface area contributed by atoms with Crippen molar-refractivity contribution in [2.75, 3.05) is 0 Å². The second-order valence-electron chi connectivity index (χ2n) is 0.888. The topological polar surface area (TPSA) is 20.2 Å². The molecule has 0 heterocycles. The molecular weight excluding hydrogens is 132 g/mol. The lowest BCUT2D eigenvalue weighted by Crippen LogP contribution is -2.23. The van der Waals surface area contributed by atoms with Crippen molar-refractivity contribution in [2.24, 2.45) is 0 Å². The van der Waals surface area contributed by atoms with E-state index in [-0.39, 0.29) is 0 Å². The standard InChI is InChI=1S/C2H2ClF3O/c3-2(6,7)1(4)5/h1,7H. The van der Waals surface area contributed by atoms with Crippen molar-refractivity contribution in [1.82, 2.24) is 0 Å². The second kappa shape index (κ2) is 1.88. The minimum Gasteiger partial charge on any atom is -0.345 e. The summed E-state index contributed by atoms with van der Waals surface area (Å²) >= 11 is 4.01. The maximum atomic E-state index is 11.1. The van der Waals surface area contributed by atoms with Gasteiger partial charge in [-0.2, -0.15) is 4.39 Å². The van der Waals surface area contributed by atoms with Crippen LogP contribution in [0.15, 0.2) is 0 Å². The van der Waals surface area contributed by atoms with Crippen molar-refractivity contribution in [2.45, 2.75) is 11.7 Å². The molecule has 1 nitrogen and oxygen atoms in total. The molecule has 0 radical (unpaired) electrons. The number of halogens is 4. The first-order chi connectivity index (χ1) is 2.94. The quantitative estimate of drug-likeness (QED) is 0.533. The van der Waals surface area contributed by atoms with E-state index >= 15 is 0 Å². The molecule has 0 rings (SSSR count). The SMILES string of the molecule is OC(F)(Cl)C(F)F. The third kappa shape index (κ3) is 2.70. The van der Waals surface area contributed by atoms with Crippen LogP contribution in [0, 0.1) is 0 Å². The number of hydrogen-bond donors (Lipinski definition) is 1. The van der Waals surface area contributed by atoms with Crippen LogP contribution in [0.2, 0.25) is 0 Å². The van der Waals surface area contributed by atoms with Gasteiger partial charge in [0.05, 0.1) is 0 Å². The van der Waals surface area contributed by atoms with Crippen LogP contribution >= 0.6 is 11.6 Å². The fourth-order valence-corrected chi connectivity index (χ4v) is 0. The van der Waals surface area contributed by atoms with Gasteiger partial charge < -0.3 is 5.11 Å². The van der Waals surface area contributed by atoms with Crippen LogP contribution in [0.1, 0.15) is 0 Å². The molecule has 0 saturated heterocycles. The average Bonchev–Trinajstić information content (AvgIpc) is 1.31. The lowest BCUT2D eigenvalue weighted by molar-refractivity contribution is -0.121. The van der Waals surface area contributed by atoms with Gasteiger partial charge >= 0.3 is 11.7 Å². The molecule has 0 aliphatic carbocycles. The minimum absolute atomic E-state index is 3.55. The number of alkyl halides is 4. The van der Waals surface area contributed by atoms with Crippen LogP contribution in [0.5, 0.6) is 0 Å². The Balaban J connectivity index is 3.54. The highest BCUT2D eigenvalue weighted by Gasteiger charge is 2.34. The van der Waals surface area contributed by atoms with Crippen LogP contribution in [-0.4, -0.2) is 16.8 Å². The van der Waals surface area contributed by atoms with Crippen molar-refractivity contribution in [3.8, 4) is 0 Å². The minimum atomic E-state index is -3.86. The van der Waals surface area contributed by atoms with Gasteiger partial charge in [0.15, 0.2) is 0 Å². The zero-order chi connectivity index (χ0) is 6.08. The Morgan fingerprint density at radius 2 is 1.71 bits per heavy atom. The molecular formula is C2H2ClF3O. The monoisotopic (exact) mass is 134 g/mol. The van der Waals surface area contributed by atoms with Crippen LogP contribution in [0.4, 0.5) is 13.2 Å². The van der Waals surface area contributed by atoms with E-state index in [1.54, 1.807) is 0 Å². The molecule has 1 atom stereocenters. The summed E-state index contributed by atoms with van der Waals surface area (Å²) in [5, 5.41) is 3.58. The molecule has 0 aromatic heterocycles. The van der Waals surface area contributed by atoms with Crippen LogP contribution in [0.25, 0.3) is 0 Å². The van der Waals surface area contributed by atoms with Gasteiger partial charge in [-0.15, -0.1) is 0 Å². The van der Waals surface area contributed by atoms with Crippen LogP contribution in [0.3, 0.4) is 0 Å². The Morgan fingerprint density at radius 1 is 1.57 bits per heavy atom. The van der Waals surface area contributed by atoms with Crippen molar-refractivity contribution in [3.05, 3.63) is 0 Å². The number of hydrogen-bond acceptors (Lipinski definition) is 1. The molecule has 1 N–H and O–H groups in total. The molecule has 5 heteroatoms. The Kier molecular flexibility index (Phi) is 1.89. The Hall–Kier alpha value is 0.0400. The Morgan fingerprint density at radius 3 is 1.71 bits per heavy atom. The lowest BCUT2D eigenvalue weighted by atomic mass is 10.7. The van der Waals surface area contributed by atoms with Crippen LogP contribution in [-0.2, 0) is 0 Å². The molecule has 0 saturated carbocycles. The predicted octanol–water partition coefficient (Wildman–Crippen LogP) is 1.11. The van der Waals surface area contributed by atoms with Gasteiger partial charge in [-0.25, -0.2) is 8.78 Å². The summed E-state index contributed by atoms with van der Waals surface area (Å²) in [6.07, 6.45) is -3.55. The first kappa shape index (κ1) is 7.04. The second-order valence-corrected chi connectivity index (χ2v) is 1.42. The molecule has 0 aliphatic rings. The van der Waals surface area contributed by atoms with Gasteiger partial charge in [0.2, 0.25) is 0 Å². The van der Waals surface area contributed by atoms with E-state index in [2.05, 4.69) is 11.6 Å². The molecule has 0 aromatic rings. The summed E-state index contributed by atoms with van der Waals surface area (Å²) < 4.78 is 32.7. The molecule has 0 bridgehead atoms. The number of aliphatic hydroxyl groups is 1. The van der Waals surface area contributed by atoms with E-state index in [1.165, 1.54) is 0 Å². The molecule has 44 valence electrons. The molecule has 0 amide bonds. The first-order valence-electron chi connectivity index (χ1n) is 1.33. The first-order valence-corrected chi connectivity index (χ1v) is 1.70. The smallest absolute Gasteiger partial charge is 0.345 e. The summed E-state index contributed by atoms with van der Waals surface area (Å²) in [6.45, 7) is 0. The number of rotatable bonds is 1. The molecule has 7 heavy (non-hydrogen) atoms. The highest BCUT2D eigenvalue weighted by Crippen LogP contribution is 2.20. The fraction of sp³-hybridized carbons (Fsp3) is 1.00. The van der Waals surface area contributed by atoms with Crippen molar-refractivity contribution in [1.29, 1.82) is 0 Å². The highest BCUT2D eigenvalue weighted by molar-refractivity contribution is 6.21. The molecule has 0 aromatic carbocycles. The maximum Gasteiger partial charge on any atom is 0.345 e. The average molecular weight is 134 g/mol. The molecule has 0 fully saturated rings. The highest BCUT2D eigenvalue weighted by atomic mass is 35.5. The zero-order valence-corrected chi connectivity index (χ0v) is 3.79. The summed E-state index contributed by atoms with van der Waals surface area (Å²) in [6, 6.07) is 0. The normalized spacial score (nSPS) is 19.7. The fourth-order valence-electron chi connectivity index (χ4n) is 0. The summed E-state index contributed by atoms with van der Waals surface area (Å²) in [5.41, 5.74) is 0. The Labute approximate surface area is 42.7 Å². The van der Waals surface area contributed by atoms with E-state index in [9.17, 15) is 13.2 Å². The third-order valence-corrected chi connectivity index (χ3v) is 0.428. The summed E-state index contributed by atoms with van der Waals surface area (Å²) in [5.74, 6) is 0. The van der Waals surface area contributed by atoms with Gasteiger partial charge in [0.1, 0.15) is 0 Å². The van der Waals surface area contributed by atoms with Gasteiger partial charge in [-0.05, 0) is 11.6 Å². The third-order valence-electron chi connectivity index (χ3n) is 0.263. The summed E-state index contributed by atoms with van der Waals surface area (Å²) in [4.78, 5) is 0. The van der Waals surface area contributed by atoms with Crippen molar-refractivity contribution < 1.29 is 18.3 Å². The largest absolute Gasteiger partial charge is 0.345 e. The van der Waals surface area contributed by atoms with E-state index in [4.69, 9.17) is 5.11 Å². The van der Waals surface area contributed by atoms with Crippen molar-refractivity contribution in [3.63, 3.8) is 0 Å². The molecule has 1 unspecified atom stereocenters. The van der Waals surface area contributed by atoms with E-state index in [0.29, 0.717) is 0 Å². The van der Waals surface area contributed by atoms with Gasteiger partial charge in [-0.1, -0.05) is 0 Å².